The van der Waals surface area contributed by atoms with Gasteiger partial charge >= 0.3 is 0 Å². The first kappa shape index (κ1) is 12.2. The standard InChI is InChI=1S/C18H19N/c1-14-18(12-15-8-4-3-5-9-15)17-11-7-6-10-16(17)13-19(14)2/h3-12,14H,13H2,1-2H3/b18-12+. The molecule has 0 N–H and O–H groups in total. The zero-order chi connectivity index (χ0) is 13.2. The molecule has 0 aromatic heterocycles. The predicted octanol–water partition coefficient (Wildman–Crippen LogP) is 4.06. The van der Waals surface area contributed by atoms with Gasteiger partial charge in [0.05, 0.1) is 0 Å². The maximum absolute atomic E-state index is 2.40. The lowest BCUT2D eigenvalue weighted by Gasteiger charge is -2.34. The fourth-order valence-electron chi connectivity index (χ4n) is 2.74. The molecule has 2 aromatic carbocycles. The van der Waals surface area contributed by atoms with Crippen molar-refractivity contribution in [1.82, 2.24) is 4.90 Å². The van der Waals surface area contributed by atoms with Crippen LogP contribution < -0.4 is 0 Å². The van der Waals surface area contributed by atoms with E-state index in [2.05, 4.69) is 79.5 Å². The van der Waals surface area contributed by atoms with Crippen LogP contribution in [-0.2, 0) is 6.54 Å². The monoisotopic (exact) mass is 249 g/mol. The van der Waals surface area contributed by atoms with Gasteiger partial charge in [-0.15, -0.1) is 0 Å². The number of hydrogen-bond donors (Lipinski definition) is 0. The van der Waals surface area contributed by atoms with E-state index >= 15 is 0 Å². The Balaban J connectivity index is 2.11. The minimum Gasteiger partial charge on any atom is -0.295 e. The molecule has 0 bridgehead atoms. The molecule has 0 amide bonds. The van der Waals surface area contributed by atoms with Crippen molar-refractivity contribution in [2.24, 2.45) is 0 Å². The van der Waals surface area contributed by atoms with E-state index in [-0.39, 0.29) is 0 Å². The minimum atomic E-state index is 0.454. The minimum absolute atomic E-state index is 0.454. The fourth-order valence-corrected chi connectivity index (χ4v) is 2.74. The van der Waals surface area contributed by atoms with Crippen LogP contribution in [0.5, 0.6) is 0 Å². The Labute approximate surface area is 115 Å². The highest BCUT2D eigenvalue weighted by Crippen LogP contribution is 2.32. The molecule has 0 spiro atoms. The van der Waals surface area contributed by atoms with Gasteiger partial charge in [-0.25, -0.2) is 0 Å². The third-order valence-corrected chi connectivity index (χ3v) is 3.98. The van der Waals surface area contributed by atoms with Crippen molar-refractivity contribution in [3.05, 3.63) is 71.3 Å². The van der Waals surface area contributed by atoms with Gasteiger partial charge in [-0.05, 0) is 42.3 Å². The van der Waals surface area contributed by atoms with Crippen molar-refractivity contribution < 1.29 is 0 Å². The van der Waals surface area contributed by atoms with Gasteiger partial charge < -0.3 is 0 Å². The van der Waals surface area contributed by atoms with Gasteiger partial charge in [-0.1, -0.05) is 54.6 Å². The van der Waals surface area contributed by atoms with E-state index in [4.69, 9.17) is 0 Å². The summed E-state index contributed by atoms with van der Waals surface area (Å²) in [5.41, 5.74) is 5.51. The molecule has 19 heavy (non-hydrogen) atoms. The molecule has 1 heterocycles. The number of nitrogens with zero attached hydrogens (tertiary/aromatic N) is 1. The first-order chi connectivity index (χ1) is 9.25. The summed E-state index contributed by atoms with van der Waals surface area (Å²) < 4.78 is 0. The van der Waals surface area contributed by atoms with Crippen molar-refractivity contribution in [2.75, 3.05) is 7.05 Å². The molecular weight excluding hydrogens is 230 g/mol. The zero-order valence-electron chi connectivity index (χ0n) is 11.5. The molecule has 1 atom stereocenters. The van der Waals surface area contributed by atoms with Crippen LogP contribution in [-0.4, -0.2) is 18.0 Å². The molecule has 1 aliphatic rings. The Kier molecular flexibility index (Phi) is 3.22. The number of fused-ring (bicyclic) bond motifs is 1. The number of benzene rings is 2. The normalized spacial score (nSPS) is 21.4. The molecule has 0 radical (unpaired) electrons. The van der Waals surface area contributed by atoms with Gasteiger partial charge in [-0.2, -0.15) is 0 Å². The predicted molar refractivity (Wildman–Crippen MR) is 81.7 cm³/mol. The summed E-state index contributed by atoms with van der Waals surface area (Å²) in [7, 11) is 2.19. The van der Waals surface area contributed by atoms with Crippen LogP contribution in [0.1, 0.15) is 23.6 Å². The Morgan fingerprint density at radius 2 is 1.68 bits per heavy atom. The van der Waals surface area contributed by atoms with Gasteiger partial charge in [0.2, 0.25) is 0 Å². The largest absolute Gasteiger partial charge is 0.295 e. The molecule has 1 heteroatoms. The SMILES string of the molecule is CC1/C(=C\c2ccccc2)c2ccccc2CN1C. The molecule has 2 aromatic rings. The maximum atomic E-state index is 2.40. The number of likely N-dealkylation sites (N-methyl/N-ethyl adjacent to an activating group) is 1. The molecule has 0 saturated heterocycles. The van der Waals surface area contributed by atoms with E-state index in [9.17, 15) is 0 Å². The summed E-state index contributed by atoms with van der Waals surface area (Å²) in [6, 6.07) is 19.8. The smallest absolute Gasteiger partial charge is 0.0326 e. The average molecular weight is 249 g/mol. The van der Waals surface area contributed by atoms with Crippen molar-refractivity contribution >= 4 is 11.6 Å². The van der Waals surface area contributed by atoms with Crippen LogP contribution in [0.4, 0.5) is 0 Å². The molecule has 96 valence electrons. The van der Waals surface area contributed by atoms with Gasteiger partial charge in [0.1, 0.15) is 0 Å². The fraction of sp³-hybridized carbons (Fsp3) is 0.222. The van der Waals surface area contributed by atoms with Crippen LogP contribution in [0.3, 0.4) is 0 Å². The highest BCUT2D eigenvalue weighted by atomic mass is 15.1. The van der Waals surface area contributed by atoms with Gasteiger partial charge in [0.15, 0.2) is 0 Å². The first-order valence-corrected chi connectivity index (χ1v) is 6.81. The lowest BCUT2D eigenvalue weighted by Crippen LogP contribution is -2.34. The quantitative estimate of drug-likeness (QED) is 0.736. The van der Waals surface area contributed by atoms with Crippen molar-refractivity contribution in [3.63, 3.8) is 0 Å². The number of rotatable bonds is 1. The van der Waals surface area contributed by atoms with Crippen LogP contribution in [0.25, 0.3) is 11.6 Å². The molecular formula is C18H19N. The van der Waals surface area contributed by atoms with Crippen LogP contribution >= 0.6 is 0 Å². The summed E-state index contributed by atoms with van der Waals surface area (Å²) in [5.74, 6) is 0. The Morgan fingerprint density at radius 3 is 2.47 bits per heavy atom. The van der Waals surface area contributed by atoms with E-state index in [0.29, 0.717) is 6.04 Å². The van der Waals surface area contributed by atoms with E-state index in [0.717, 1.165) is 6.54 Å². The summed E-state index contributed by atoms with van der Waals surface area (Å²) >= 11 is 0. The topological polar surface area (TPSA) is 3.24 Å². The third-order valence-electron chi connectivity index (χ3n) is 3.98. The van der Waals surface area contributed by atoms with E-state index in [1.807, 2.05) is 0 Å². The van der Waals surface area contributed by atoms with Gasteiger partial charge in [0, 0.05) is 12.6 Å². The highest BCUT2D eigenvalue weighted by Gasteiger charge is 2.23. The maximum Gasteiger partial charge on any atom is 0.0326 e. The molecule has 3 rings (SSSR count). The van der Waals surface area contributed by atoms with Crippen LogP contribution in [0, 0.1) is 0 Å². The summed E-state index contributed by atoms with van der Waals surface area (Å²) in [6.07, 6.45) is 2.32. The highest BCUT2D eigenvalue weighted by molar-refractivity contribution is 5.86. The molecule has 0 saturated carbocycles. The van der Waals surface area contributed by atoms with Gasteiger partial charge in [-0.3, -0.25) is 4.90 Å². The van der Waals surface area contributed by atoms with E-state index < -0.39 is 0 Å². The van der Waals surface area contributed by atoms with Crippen molar-refractivity contribution in [1.29, 1.82) is 0 Å². The lowest BCUT2D eigenvalue weighted by molar-refractivity contribution is 0.287. The molecule has 0 aliphatic carbocycles. The third kappa shape index (κ3) is 2.34. The molecule has 1 nitrogen and oxygen atoms in total. The second kappa shape index (κ2) is 5.02. The summed E-state index contributed by atoms with van der Waals surface area (Å²) in [5, 5.41) is 0. The van der Waals surface area contributed by atoms with E-state index in [1.165, 1.54) is 22.3 Å². The molecule has 0 fully saturated rings. The van der Waals surface area contributed by atoms with Gasteiger partial charge in [0.25, 0.3) is 0 Å². The lowest BCUT2D eigenvalue weighted by atomic mass is 9.88. The number of hydrogen-bond acceptors (Lipinski definition) is 1. The first-order valence-electron chi connectivity index (χ1n) is 6.81. The second-order valence-corrected chi connectivity index (χ2v) is 5.26. The second-order valence-electron chi connectivity index (χ2n) is 5.26. The van der Waals surface area contributed by atoms with Crippen LogP contribution in [0.15, 0.2) is 54.6 Å². The Morgan fingerprint density at radius 1 is 1.00 bits per heavy atom. The Hall–Kier alpha value is -1.86. The van der Waals surface area contributed by atoms with Crippen molar-refractivity contribution in [2.45, 2.75) is 19.5 Å². The molecule has 1 unspecified atom stereocenters. The molecule has 1 aliphatic heterocycles. The van der Waals surface area contributed by atoms with E-state index in [1.54, 1.807) is 0 Å². The van der Waals surface area contributed by atoms with Crippen molar-refractivity contribution in [3.8, 4) is 0 Å². The van der Waals surface area contributed by atoms with Crippen LogP contribution in [0.2, 0.25) is 0 Å². The summed E-state index contributed by atoms with van der Waals surface area (Å²) in [6.45, 7) is 3.31. The summed E-state index contributed by atoms with van der Waals surface area (Å²) in [4.78, 5) is 2.40. The zero-order valence-corrected chi connectivity index (χ0v) is 11.5. The Bertz CT molecular complexity index is 598. The average Bonchev–Trinajstić information content (AvgIpc) is 2.45.